The van der Waals surface area contributed by atoms with E-state index in [1.807, 2.05) is 13.8 Å². The van der Waals surface area contributed by atoms with Crippen LogP contribution >= 0.6 is 0 Å². The summed E-state index contributed by atoms with van der Waals surface area (Å²) in [6, 6.07) is 2.11. The molecule has 0 radical (unpaired) electrons. The quantitative estimate of drug-likeness (QED) is 0.636. The first kappa shape index (κ1) is 10.8. The van der Waals surface area contributed by atoms with E-state index >= 15 is 0 Å². The minimum Gasteiger partial charge on any atom is -0.432 e. The molecule has 0 aromatic carbocycles. The number of rotatable bonds is 2. The highest BCUT2D eigenvalue weighted by Gasteiger charge is 2.62. The zero-order chi connectivity index (χ0) is 10.9. The summed E-state index contributed by atoms with van der Waals surface area (Å²) < 4.78 is 9.82. The Balaban J connectivity index is 2.41. The maximum absolute atomic E-state index is 11.1. The van der Waals surface area contributed by atoms with Crippen molar-refractivity contribution in [2.24, 2.45) is 11.3 Å². The van der Waals surface area contributed by atoms with E-state index in [1.54, 1.807) is 13.8 Å². The van der Waals surface area contributed by atoms with Gasteiger partial charge in [0.1, 0.15) is 6.10 Å². The van der Waals surface area contributed by atoms with Crippen LogP contribution in [0, 0.1) is 22.7 Å². The Bertz CT molecular complexity index is 278. The summed E-state index contributed by atoms with van der Waals surface area (Å²) in [6.07, 6.45) is -1.19. The minimum absolute atomic E-state index is 0.190. The Kier molecular flexibility index (Phi) is 2.70. The normalized spacial score (nSPS) is 28.0. The van der Waals surface area contributed by atoms with E-state index in [-0.39, 0.29) is 23.5 Å². The van der Waals surface area contributed by atoms with Gasteiger partial charge in [0.25, 0.3) is 0 Å². The molecule has 0 aromatic heterocycles. The van der Waals surface area contributed by atoms with Gasteiger partial charge in [-0.2, -0.15) is 5.26 Å². The van der Waals surface area contributed by atoms with E-state index in [9.17, 15) is 4.79 Å². The van der Waals surface area contributed by atoms with Gasteiger partial charge in [-0.05, 0) is 13.8 Å². The Morgan fingerprint density at radius 1 is 1.50 bits per heavy atom. The van der Waals surface area contributed by atoms with Gasteiger partial charge in [0.15, 0.2) is 0 Å². The fraction of sp³-hybridized carbons (Fsp3) is 0.800. The predicted molar refractivity (Wildman–Crippen MR) is 49.4 cm³/mol. The summed E-state index contributed by atoms with van der Waals surface area (Å²) in [7, 11) is 0. The minimum atomic E-state index is -0.684. The number of hydrogen-bond acceptors (Lipinski definition) is 4. The molecule has 0 heterocycles. The summed E-state index contributed by atoms with van der Waals surface area (Å²) in [5, 5.41) is 8.72. The number of hydrogen-bond donors (Lipinski definition) is 0. The number of carbonyl (C=O) groups is 1. The Labute approximate surface area is 83.8 Å². The van der Waals surface area contributed by atoms with Crippen LogP contribution in [0.2, 0.25) is 0 Å². The lowest BCUT2D eigenvalue weighted by molar-refractivity contribution is 0.0220. The monoisotopic (exact) mass is 197 g/mol. The highest BCUT2D eigenvalue weighted by molar-refractivity contribution is 5.61. The van der Waals surface area contributed by atoms with Gasteiger partial charge in [-0.1, -0.05) is 13.8 Å². The third kappa shape index (κ3) is 1.98. The summed E-state index contributed by atoms with van der Waals surface area (Å²) in [4.78, 5) is 11.1. The van der Waals surface area contributed by atoms with Crippen molar-refractivity contribution < 1.29 is 14.3 Å². The molecule has 1 rings (SSSR count). The zero-order valence-electron chi connectivity index (χ0n) is 8.90. The number of nitrogens with zero attached hydrogens (tertiary/aromatic N) is 1. The number of nitriles is 1. The van der Waals surface area contributed by atoms with Crippen molar-refractivity contribution in [1.29, 1.82) is 5.26 Å². The molecule has 0 saturated heterocycles. The first-order valence-electron chi connectivity index (χ1n) is 4.66. The zero-order valence-corrected chi connectivity index (χ0v) is 8.90. The molecule has 0 spiro atoms. The van der Waals surface area contributed by atoms with Crippen molar-refractivity contribution in [2.45, 2.75) is 39.9 Å². The summed E-state index contributed by atoms with van der Waals surface area (Å²) in [6.45, 7) is 7.30. The van der Waals surface area contributed by atoms with Crippen molar-refractivity contribution in [3.05, 3.63) is 0 Å². The van der Waals surface area contributed by atoms with Crippen LogP contribution in [0.15, 0.2) is 0 Å². The second-order valence-corrected chi connectivity index (χ2v) is 4.38. The molecule has 14 heavy (non-hydrogen) atoms. The average molecular weight is 197 g/mol. The smallest absolute Gasteiger partial charge is 0.432 e. The molecule has 1 saturated carbocycles. The maximum atomic E-state index is 11.1. The summed E-state index contributed by atoms with van der Waals surface area (Å²) in [5.41, 5.74) is -0.231. The van der Waals surface area contributed by atoms with Crippen molar-refractivity contribution in [1.82, 2.24) is 0 Å². The Morgan fingerprint density at radius 2 is 2.07 bits per heavy atom. The summed E-state index contributed by atoms with van der Waals surface area (Å²) >= 11 is 0. The molecular weight excluding hydrogens is 182 g/mol. The lowest BCUT2D eigenvalue weighted by atomic mass is 10.1. The van der Waals surface area contributed by atoms with E-state index in [4.69, 9.17) is 14.7 Å². The van der Waals surface area contributed by atoms with Gasteiger partial charge in [-0.3, -0.25) is 0 Å². The second-order valence-electron chi connectivity index (χ2n) is 4.38. The third-order valence-corrected chi connectivity index (χ3v) is 2.42. The third-order valence-electron chi connectivity index (χ3n) is 2.42. The molecule has 0 bridgehead atoms. The van der Waals surface area contributed by atoms with Crippen molar-refractivity contribution in [3.63, 3.8) is 0 Å². The molecule has 2 atom stereocenters. The fourth-order valence-corrected chi connectivity index (χ4v) is 1.37. The van der Waals surface area contributed by atoms with E-state index in [1.165, 1.54) is 0 Å². The predicted octanol–water partition coefficient (Wildman–Crippen LogP) is 2.10. The van der Waals surface area contributed by atoms with Gasteiger partial charge in [0.2, 0.25) is 0 Å². The lowest BCUT2D eigenvalue weighted by Gasteiger charge is -2.08. The maximum Gasteiger partial charge on any atom is 0.508 e. The molecule has 0 aromatic rings. The largest absolute Gasteiger partial charge is 0.508 e. The highest BCUT2D eigenvalue weighted by atomic mass is 16.7. The van der Waals surface area contributed by atoms with Crippen LogP contribution in [0.3, 0.4) is 0 Å². The van der Waals surface area contributed by atoms with Crippen LogP contribution in [-0.2, 0) is 9.47 Å². The van der Waals surface area contributed by atoms with Crippen LogP contribution in [0.5, 0.6) is 0 Å². The van der Waals surface area contributed by atoms with Crippen LogP contribution in [-0.4, -0.2) is 18.4 Å². The Hall–Kier alpha value is -1.24. The van der Waals surface area contributed by atoms with E-state index < -0.39 is 6.16 Å². The number of carbonyl (C=O) groups excluding carboxylic acids is 1. The molecule has 1 aliphatic carbocycles. The molecule has 4 heteroatoms. The fourth-order valence-electron chi connectivity index (χ4n) is 1.37. The highest BCUT2D eigenvalue weighted by Crippen LogP contribution is 2.53. The van der Waals surface area contributed by atoms with Crippen LogP contribution in [0.4, 0.5) is 4.79 Å². The van der Waals surface area contributed by atoms with Gasteiger partial charge in [-0.15, -0.1) is 0 Å². The van der Waals surface area contributed by atoms with E-state index in [0.717, 1.165) is 0 Å². The van der Waals surface area contributed by atoms with Gasteiger partial charge >= 0.3 is 6.16 Å². The van der Waals surface area contributed by atoms with E-state index in [0.29, 0.717) is 0 Å². The lowest BCUT2D eigenvalue weighted by Crippen LogP contribution is -2.16. The average Bonchev–Trinajstić information content (AvgIpc) is 2.50. The first-order chi connectivity index (χ1) is 6.39. The van der Waals surface area contributed by atoms with Crippen LogP contribution in [0.25, 0.3) is 0 Å². The molecule has 0 aliphatic heterocycles. The van der Waals surface area contributed by atoms with Gasteiger partial charge < -0.3 is 9.47 Å². The molecule has 0 amide bonds. The summed E-state index contributed by atoms with van der Waals surface area (Å²) in [5.74, 6) is -0.206. The number of ether oxygens (including phenoxy) is 2. The molecule has 78 valence electrons. The van der Waals surface area contributed by atoms with Gasteiger partial charge in [0, 0.05) is 5.41 Å². The standard InChI is InChI=1S/C10H15NO3/c1-6(2)13-9(12)14-8-7(5-11)10(8,3)4/h6-8H,1-4H3. The van der Waals surface area contributed by atoms with Crippen molar-refractivity contribution in [2.75, 3.05) is 0 Å². The van der Waals surface area contributed by atoms with Crippen LogP contribution < -0.4 is 0 Å². The topological polar surface area (TPSA) is 59.3 Å². The molecule has 2 unspecified atom stereocenters. The van der Waals surface area contributed by atoms with E-state index in [2.05, 4.69) is 6.07 Å². The molecule has 0 N–H and O–H groups in total. The molecular formula is C10H15NO3. The Morgan fingerprint density at radius 3 is 2.43 bits per heavy atom. The molecule has 1 aliphatic rings. The van der Waals surface area contributed by atoms with Crippen LogP contribution in [0.1, 0.15) is 27.7 Å². The van der Waals surface area contributed by atoms with Gasteiger partial charge in [0.05, 0.1) is 18.1 Å². The SMILES string of the molecule is CC(C)OC(=O)OC1C(C#N)C1(C)C. The van der Waals surface area contributed by atoms with Crippen molar-refractivity contribution >= 4 is 6.16 Å². The molecule has 1 fully saturated rings. The molecule has 4 nitrogen and oxygen atoms in total. The van der Waals surface area contributed by atoms with Gasteiger partial charge in [-0.25, -0.2) is 4.79 Å². The van der Waals surface area contributed by atoms with Crippen molar-refractivity contribution in [3.8, 4) is 6.07 Å². The first-order valence-corrected chi connectivity index (χ1v) is 4.66. The second kappa shape index (κ2) is 3.49.